The molecule has 1 rings (SSSR count). The molecule has 8 heteroatoms. The molecular formula is C19H28N2O6. The van der Waals surface area contributed by atoms with Gasteiger partial charge in [-0.05, 0) is 43.5 Å². The van der Waals surface area contributed by atoms with Gasteiger partial charge in [0, 0.05) is 24.9 Å². The van der Waals surface area contributed by atoms with Crippen LogP contribution in [0.3, 0.4) is 0 Å². The van der Waals surface area contributed by atoms with Crippen LogP contribution in [-0.4, -0.2) is 36.7 Å². The van der Waals surface area contributed by atoms with Crippen molar-refractivity contribution in [3.63, 3.8) is 0 Å². The summed E-state index contributed by atoms with van der Waals surface area (Å²) in [7, 11) is 1.36. The minimum Gasteiger partial charge on any atom is -0.494 e. The number of hydrogen-bond donors (Lipinski definition) is 3. The van der Waals surface area contributed by atoms with E-state index in [9.17, 15) is 14.4 Å². The topological polar surface area (TPSA) is 114 Å². The van der Waals surface area contributed by atoms with E-state index in [1.165, 1.54) is 7.11 Å². The molecule has 0 atom stereocenters. The zero-order valence-corrected chi connectivity index (χ0v) is 15.7. The fourth-order valence-electron chi connectivity index (χ4n) is 2.35. The van der Waals surface area contributed by atoms with E-state index in [2.05, 4.69) is 10.1 Å². The molecule has 0 spiro atoms. The minimum atomic E-state index is -0.386. The van der Waals surface area contributed by atoms with Gasteiger partial charge in [-0.25, -0.2) is 5.48 Å². The first-order valence-corrected chi connectivity index (χ1v) is 9.07. The van der Waals surface area contributed by atoms with Gasteiger partial charge in [0.15, 0.2) is 0 Å². The lowest BCUT2D eigenvalue weighted by Crippen LogP contribution is -2.17. The summed E-state index contributed by atoms with van der Waals surface area (Å²) in [5.41, 5.74) is 2.29. The van der Waals surface area contributed by atoms with Gasteiger partial charge in [-0.2, -0.15) is 0 Å². The predicted octanol–water partition coefficient (Wildman–Crippen LogP) is 2.80. The van der Waals surface area contributed by atoms with E-state index in [1.807, 2.05) is 0 Å². The lowest BCUT2D eigenvalue weighted by atomic mass is 10.1. The lowest BCUT2D eigenvalue weighted by molar-refractivity contribution is -0.140. The van der Waals surface area contributed by atoms with E-state index >= 15 is 0 Å². The molecule has 0 aliphatic carbocycles. The Hall–Kier alpha value is -2.61. The molecule has 0 radical (unpaired) electrons. The second-order valence-corrected chi connectivity index (χ2v) is 6.05. The summed E-state index contributed by atoms with van der Waals surface area (Å²) in [4.78, 5) is 33.7. The molecule has 0 aliphatic heterocycles. The van der Waals surface area contributed by atoms with Gasteiger partial charge in [0.2, 0.25) is 11.8 Å². The van der Waals surface area contributed by atoms with Gasteiger partial charge in [0.05, 0.1) is 13.7 Å². The lowest BCUT2D eigenvalue weighted by Gasteiger charge is -2.08. The molecule has 0 aliphatic rings. The molecule has 0 saturated carbocycles. The van der Waals surface area contributed by atoms with Crippen molar-refractivity contribution in [2.75, 3.05) is 19.0 Å². The van der Waals surface area contributed by atoms with Crippen LogP contribution in [-0.2, 0) is 19.1 Å². The van der Waals surface area contributed by atoms with Gasteiger partial charge in [0.25, 0.3) is 0 Å². The summed E-state index contributed by atoms with van der Waals surface area (Å²) >= 11 is 0. The van der Waals surface area contributed by atoms with Crippen molar-refractivity contribution in [2.24, 2.45) is 0 Å². The van der Waals surface area contributed by atoms with Crippen molar-refractivity contribution in [1.29, 1.82) is 0 Å². The van der Waals surface area contributed by atoms with Crippen LogP contribution in [0.25, 0.3) is 0 Å². The Morgan fingerprint density at radius 2 is 1.52 bits per heavy atom. The smallest absolute Gasteiger partial charge is 0.305 e. The minimum absolute atomic E-state index is 0.0603. The number of ether oxygens (including phenoxy) is 2. The number of unbranched alkanes of at least 4 members (excludes halogenated alkanes) is 3. The zero-order chi connectivity index (χ0) is 19.9. The van der Waals surface area contributed by atoms with E-state index < -0.39 is 0 Å². The first kappa shape index (κ1) is 22.4. The molecule has 1 aromatic rings. The molecular weight excluding hydrogens is 352 g/mol. The number of rotatable bonds is 13. The van der Waals surface area contributed by atoms with Crippen molar-refractivity contribution in [2.45, 2.75) is 51.4 Å². The molecule has 0 fully saturated rings. The van der Waals surface area contributed by atoms with Crippen LogP contribution in [0.2, 0.25) is 0 Å². The maximum atomic E-state index is 11.9. The number of amides is 2. The molecule has 0 heterocycles. The molecule has 2 amide bonds. The number of carbonyl (C=O) groups is 3. The Labute approximate surface area is 159 Å². The summed E-state index contributed by atoms with van der Waals surface area (Å²) < 4.78 is 10.1. The van der Waals surface area contributed by atoms with Gasteiger partial charge < -0.3 is 14.8 Å². The summed E-state index contributed by atoms with van der Waals surface area (Å²) in [6.45, 7) is 0.417. The molecule has 1 aromatic carbocycles. The Morgan fingerprint density at radius 3 is 2.11 bits per heavy atom. The van der Waals surface area contributed by atoms with Crippen LogP contribution in [0.4, 0.5) is 5.69 Å². The van der Waals surface area contributed by atoms with Crippen molar-refractivity contribution in [3.8, 4) is 5.75 Å². The number of benzene rings is 1. The molecule has 0 bridgehead atoms. The quantitative estimate of drug-likeness (QED) is 0.210. The Kier molecular flexibility index (Phi) is 11.3. The van der Waals surface area contributed by atoms with Crippen LogP contribution < -0.4 is 15.5 Å². The molecule has 150 valence electrons. The SMILES string of the molecule is COC(=O)CCCOc1ccc(NC(=O)CCCCCCC(=O)NO)cc1. The van der Waals surface area contributed by atoms with Gasteiger partial charge in [-0.15, -0.1) is 0 Å². The van der Waals surface area contributed by atoms with Crippen LogP contribution in [0.1, 0.15) is 51.4 Å². The summed E-state index contributed by atoms with van der Waals surface area (Å²) in [5, 5.41) is 11.2. The fourth-order valence-corrected chi connectivity index (χ4v) is 2.35. The third-order valence-electron chi connectivity index (χ3n) is 3.84. The van der Waals surface area contributed by atoms with E-state index in [0.29, 0.717) is 50.1 Å². The molecule has 0 saturated heterocycles. The van der Waals surface area contributed by atoms with Crippen LogP contribution >= 0.6 is 0 Å². The molecule has 27 heavy (non-hydrogen) atoms. The summed E-state index contributed by atoms with van der Waals surface area (Å²) in [6, 6.07) is 7.06. The highest BCUT2D eigenvalue weighted by Crippen LogP contribution is 2.16. The fraction of sp³-hybridized carbons (Fsp3) is 0.526. The van der Waals surface area contributed by atoms with Crippen LogP contribution in [0, 0.1) is 0 Å². The maximum Gasteiger partial charge on any atom is 0.305 e. The normalized spacial score (nSPS) is 10.1. The third kappa shape index (κ3) is 10.9. The average Bonchev–Trinajstić information content (AvgIpc) is 2.68. The van der Waals surface area contributed by atoms with Crippen LogP contribution in [0.5, 0.6) is 5.75 Å². The van der Waals surface area contributed by atoms with Crippen molar-refractivity contribution < 1.29 is 29.1 Å². The third-order valence-corrected chi connectivity index (χ3v) is 3.84. The molecule has 8 nitrogen and oxygen atoms in total. The van der Waals surface area contributed by atoms with Crippen molar-refractivity contribution in [3.05, 3.63) is 24.3 Å². The summed E-state index contributed by atoms with van der Waals surface area (Å²) in [6.07, 6.45) is 4.73. The number of methoxy groups -OCH3 is 1. The maximum absolute atomic E-state index is 11.9. The molecule has 0 unspecified atom stereocenters. The number of nitrogens with one attached hydrogen (secondary N) is 2. The number of hydroxylamine groups is 1. The highest BCUT2D eigenvalue weighted by Gasteiger charge is 2.04. The number of esters is 1. The molecule has 0 aromatic heterocycles. The number of anilines is 1. The standard InChI is InChI=1S/C19H28N2O6/c1-26-19(24)9-6-14-27-16-12-10-15(11-13-16)20-17(22)7-4-2-3-5-8-18(23)21-25/h10-13,25H,2-9,14H2,1H3,(H,20,22)(H,21,23). The first-order chi connectivity index (χ1) is 13.0. The van der Waals surface area contributed by atoms with E-state index in [-0.39, 0.29) is 17.8 Å². The van der Waals surface area contributed by atoms with Crippen LogP contribution in [0.15, 0.2) is 24.3 Å². The van der Waals surface area contributed by atoms with E-state index in [4.69, 9.17) is 9.94 Å². The number of carbonyl (C=O) groups excluding carboxylic acids is 3. The van der Waals surface area contributed by atoms with Gasteiger partial charge in [-0.1, -0.05) is 12.8 Å². The van der Waals surface area contributed by atoms with Gasteiger partial charge in [-0.3, -0.25) is 19.6 Å². The Bertz CT molecular complexity index is 588. The van der Waals surface area contributed by atoms with E-state index in [1.54, 1.807) is 29.7 Å². The van der Waals surface area contributed by atoms with Crippen molar-refractivity contribution >= 4 is 23.5 Å². The van der Waals surface area contributed by atoms with Gasteiger partial charge >= 0.3 is 5.97 Å². The molecule has 3 N–H and O–H groups in total. The average molecular weight is 380 g/mol. The van der Waals surface area contributed by atoms with Gasteiger partial charge in [0.1, 0.15) is 5.75 Å². The second-order valence-electron chi connectivity index (χ2n) is 6.05. The Balaban J connectivity index is 2.16. The monoisotopic (exact) mass is 380 g/mol. The summed E-state index contributed by atoms with van der Waals surface area (Å²) in [5.74, 6) is -0.0319. The first-order valence-electron chi connectivity index (χ1n) is 9.07. The zero-order valence-electron chi connectivity index (χ0n) is 15.7. The highest BCUT2D eigenvalue weighted by molar-refractivity contribution is 5.90. The highest BCUT2D eigenvalue weighted by atomic mass is 16.5. The van der Waals surface area contributed by atoms with E-state index in [0.717, 1.165) is 19.3 Å². The second kappa shape index (κ2) is 13.6. The van der Waals surface area contributed by atoms with Crippen molar-refractivity contribution in [1.82, 2.24) is 5.48 Å². The Morgan fingerprint density at radius 1 is 0.889 bits per heavy atom. The number of hydrogen-bond acceptors (Lipinski definition) is 6. The predicted molar refractivity (Wildman–Crippen MR) is 99.4 cm³/mol. The largest absolute Gasteiger partial charge is 0.494 e.